The molecule has 0 saturated carbocycles. The summed E-state index contributed by atoms with van der Waals surface area (Å²) in [6, 6.07) is 6.00. The third kappa shape index (κ3) is 5.51. The highest BCUT2D eigenvalue weighted by molar-refractivity contribution is 5.93. The summed E-state index contributed by atoms with van der Waals surface area (Å²) in [5, 5.41) is 9.64. The molecule has 2 fully saturated rings. The molecule has 2 aliphatic rings. The number of anilines is 2. The maximum absolute atomic E-state index is 12.3. The SMILES string of the molecule is O=C(NCC(F)(F)F)Nc1ccc(-c2nc(N3CCOCC3)nc3c2cnn3C2CCOCC2)cc1. The molecule has 2 N–H and O–H groups in total. The Morgan fingerprint density at radius 3 is 2.42 bits per heavy atom. The number of urea groups is 1. The normalized spacial score (nSPS) is 17.4. The molecular weight excluding hydrogens is 479 g/mol. The fraction of sp³-hybridized carbons (Fsp3) is 0.478. The van der Waals surface area contributed by atoms with E-state index in [0.29, 0.717) is 56.8 Å². The number of morpholine rings is 1. The number of carbonyl (C=O) groups excluding carboxylic acids is 1. The van der Waals surface area contributed by atoms with E-state index >= 15 is 0 Å². The highest BCUT2D eigenvalue weighted by Crippen LogP contribution is 2.32. The quantitative estimate of drug-likeness (QED) is 0.548. The van der Waals surface area contributed by atoms with Gasteiger partial charge in [-0.15, -0.1) is 0 Å². The predicted octanol–water partition coefficient (Wildman–Crippen LogP) is 3.37. The fourth-order valence-corrected chi connectivity index (χ4v) is 4.30. The van der Waals surface area contributed by atoms with Crippen molar-refractivity contribution in [3.8, 4) is 11.3 Å². The molecule has 2 saturated heterocycles. The number of rotatable bonds is 5. The lowest BCUT2D eigenvalue weighted by atomic mass is 10.1. The van der Waals surface area contributed by atoms with E-state index in [0.717, 1.165) is 29.4 Å². The molecule has 1 aromatic carbocycles. The first kappa shape index (κ1) is 24.3. The average molecular weight is 506 g/mol. The van der Waals surface area contributed by atoms with Crippen molar-refractivity contribution in [2.45, 2.75) is 25.1 Å². The highest BCUT2D eigenvalue weighted by atomic mass is 19.4. The summed E-state index contributed by atoms with van der Waals surface area (Å²) in [4.78, 5) is 23.6. The number of aromatic nitrogens is 4. The number of fused-ring (bicyclic) bond motifs is 1. The van der Waals surface area contributed by atoms with Crippen LogP contribution in [0.3, 0.4) is 0 Å². The molecule has 0 atom stereocenters. The van der Waals surface area contributed by atoms with E-state index in [4.69, 9.17) is 19.4 Å². The number of nitrogens with zero attached hydrogens (tertiary/aromatic N) is 5. The van der Waals surface area contributed by atoms with Crippen LogP contribution in [0.15, 0.2) is 30.5 Å². The molecule has 13 heteroatoms. The summed E-state index contributed by atoms with van der Waals surface area (Å²) in [5.41, 5.74) is 2.55. The van der Waals surface area contributed by atoms with E-state index in [1.54, 1.807) is 35.8 Å². The summed E-state index contributed by atoms with van der Waals surface area (Å²) in [5.74, 6) is 0.586. The zero-order valence-electron chi connectivity index (χ0n) is 19.4. The van der Waals surface area contributed by atoms with E-state index in [2.05, 4.69) is 15.3 Å². The highest BCUT2D eigenvalue weighted by Gasteiger charge is 2.28. The molecule has 0 spiro atoms. The molecule has 5 rings (SSSR count). The van der Waals surface area contributed by atoms with Gasteiger partial charge in [0.15, 0.2) is 5.65 Å². The fourth-order valence-electron chi connectivity index (χ4n) is 4.30. The third-order valence-electron chi connectivity index (χ3n) is 6.14. The van der Waals surface area contributed by atoms with Crippen molar-refractivity contribution >= 4 is 28.7 Å². The number of hydrogen-bond acceptors (Lipinski definition) is 7. The Hall–Kier alpha value is -3.45. The van der Waals surface area contributed by atoms with Gasteiger partial charge in [-0.2, -0.15) is 23.3 Å². The van der Waals surface area contributed by atoms with Crippen LogP contribution < -0.4 is 15.5 Å². The third-order valence-corrected chi connectivity index (χ3v) is 6.14. The smallest absolute Gasteiger partial charge is 0.381 e. The van der Waals surface area contributed by atoms with Crippen LogP contribution in [-0.4, -0.2) is 78.0 Å². The van der Waals surface area contributed by atoms with Crippen LogP contribution in [0.25, 0.3) is 22.3 Å². The molecular formula is C23H26F3N7O3. The summed E-state index contributed by atoms with van der Waals surface area (Å²) >= 11 is 0. The second-order valence-corrected chi connectivity index (χ2v) is 8.64. The van der Waals surface area contributed by atoms with Crippen molar-refractivity contribution in [3.05, 3.63) is 30.5 Å². The molecule has 10 nitrogen and oxygen atoms in total. The molecule has 3 aromatic rings. The first-order valence-electron chi connectivity index (χ1n) is 11.7. The minimum atomic E-state index is -4.48. The summed E-state index contributed by atoms with van der Waals surface area (Å²) in [7, 11) is 0. The molecule has 0 unspecified atom stereocenters. The van der Waals surface area contributed by atoms with Gasteiger partial charge in [0.2, 0.25) is 5.95 Å². The summed E-state index contributed by atoms with van der Waals surface area (Å²) in [6.07, 6.45) is -1.02. The minimum Gasteiger partial charge on any atom is -0.381 e. The van der Waals surface area contributed by atoms with E-state index < -0.39 is 18.8 Å². The van der Waals surface area contributed by atoms with Gasteiger partial charge in [0.05, 0.1) is 36.5 Å². The first-order valence-corrected chi connectivity index (χ1v) is 11.7. The van der Waals surface area contributed by atoms with Gasteiger partial charge in [-0.25, -0.2) is 14.5 Å². The largest absolute Gasteiger partial charge is 0.405 e. The maximum atomic E-state index is 12.3. The maximum Gasteiger partial charge on any atom is 0.405 e. The number of nitrogens with one attached hydrogen (secondary N) is 2. The Morgan fingerprint density at radius 1 is 1.03 bits per heavy atom. The van der Waals surface area contributed by atoms with Gasteiger partial charge in [0, 0.05) is 37.6 Å². The van der Waals surface area contributed by atoms with E-state index in [1.807, 2.05) is 4.68 Å². The minimum absolute atomic E-state index is 0.179. The van der Waals surface area contributed by atoms with Crippen LogP contribution in [0.5, 0.6) is 0 Å². The molecule has 36 heavy (non-hydrogen) atoms. The van der Waals surface area contributed by atoms with Gasteiger partial charge in [-0.3, -0.25) is 0 Å². The lowest BCUT2D eigenvalue weighted by Crippen LogP contribution is -2.37. The zero-order valence-corrected chi connectivity index (χ0v) is 19.4. The van der Waals surface area contributed by atoms with E-state index in [9.17, 15) is 18.0 Å². The number of amides is 2. The number of benzene rings is 1. The Bertz CT molecular complexity index is 1200. The second kappa shape index (κ2) is 10.3. The van der Waals surface area contributed by atoms with Crippen LogP contribution in [0.2, 0.25) is 0 Å². The summed E-state index contributed by atoms with van der Waals surface area (Å²) < 4.78 is 49.9. The van der Waals surface area contributed by atoms with Gasteiger partial charge < -0.3 is 25.0 Å². The van der Waals surface area contributed by atoms with Gasteiger partial charge in [0.25, 0.3) is 0 Å². The molecule has 0 aliphatic carbocycles. The zero-order chi connectivity index (χ0) is 25.1. The van der Waals surface area contributed by atoms with Crippen LogP contribution in [0.4, 0.5) is 29.6 Å². The van der Waals surface area contributed by atoms with Crippen molar-refractivity contribution in [2.75, 3.05) is 56.3 Å². The molecule has 192 valence electrons. The van der Waals surface area contributed by atoms with Crippen LogP contribution in [0.1, 0.15) is 18.9 Å². The van der Waals surface area contributed by atoms with Crippen molar-refractivity contribution in [3.63, 3.8) is 0 Å². The predicted molar refractivity (Wildman–Crippen MR) is 126 cm³/mol. The lowest BCUT2D eigenvalue weighted by molar-refractivity contribution is -0.122. The van der Waals surface area contributed by atoms with Crippen molar-refractivity contribution in [1.82, 2.24) is 25.1 Å². The van der Waals surface area contributed by atoms with E-state index in [-0.39, 0.29) is 6.04 Å². The number of halogens is 3. The summed E-state index contributed by atoms with van der Waals surface area (Å²) in [6.45, 7) is 2.46. The first-order chi connectivity index (χ1) is 17.4. The monoisotopic (exact) mass is 505 g/mol. The molecule has 2 amide bonds. The van der Waals surface area contributed by atoms with E-state index in [1.165, 1.54) is 0 Å². The van der Waals surface area contributed by atoms with Crippen LogP contribution in [-0.2, 0) is 9.47 Å². The average Bonchev–Trinajstić information content (AvgIpc) is 3.32. The van der Waals surface area contributed by atoms with Gasteiger partial charge >= 0.3 is 12.2 Å². The molecule has 0 radical (unpaired) electrons. The Morgan fingerprint density at radius 2 is 1.72 bits per heavy atom. The van der Waals surface area contributed by atoms with Crippen LogP contribution in [0, 0.1) is 0 Å². The van der Waals surface area contributed by atoms with Crippen LogP contribution >= 0.6 is 0 Å². The number of alkyl halides is 3. The standard InChI is InChI=1S/C23H26F3N7O3/c24-23(25,26)14-27-22(34)29-16-3-1-15(2-4-16)19-18-13-28-33(17-5-9-35-10-6-17)20(18)31-21(30-19)32-7-11-36-12-8-32/h1-4,13,17H,5-12,14H2,(H2,27,29,34). The molecule has 2 aromatic heterocycles. The van der Waals surface area contributed by atoms with Crippen molar-refractivity contribution in [2.24, 2.45) is 0 Å². The molecule has 4 heterocycles. The number of ether oxygens (including phenoxy) is 2. The van der Waals surface area contributed by atoms with Gasteiger partial charge in [0.1, 0.15) is 6.54 Å². The van der Waals surface area contributed by atoms with Gasteiger partial charge in [-0.1, -0.05) is 12.1 Å². The van der Waals surface area contributed by atoms with Gasteiger partial charge in [-0.05, 0) is 25.0 Å². The van der Waals surface area contributed by atoms with Crippen molar-refractivity contribution in [1.29, 1.82) is 0 Å². The van der Waals surface area contributed by atoms with Crippen molar-refractivity contribution < 1.29 is 27.4 Å². The number of hydrogen-bond donors (Lipinski definition) is 2. The second-order valence-electron chi connectivity index (χ2n) is 8.64. The Labute approximate surface area is 204 Å². The topological polar surface area (TPSA) is 106 Å². The molecule has 2 aliphatic heterocycles. The molecule has 0 bridgehead atoms. The number of carbonyl (C=O) groups is 1. The lowest BCUT2D eigenvalue weighted by Gasteiger charge is -2.27. The Kier molecular flexibility index (Phi) is 6.92. The Balaban J connectivity index is 1.45.